The van der Waals surface area contributed by atoms with Crippen LogP contribution in [-0.2, 0) is 0 Å². The summed E-state index contributed by atoms with van der Waals surface area (Å²) in [5, 5.41) is 3.63. The van der Waals surface area contributed by atoms with Gasteiger partial charge in [-0.15, -0.1) is 0 Å². The molecular weight excluding hydrogens is 146 g/mol. The van der Waals surface area contributed by atoms with Gasteiger partial charge in [0.15, 0.2) is 0 Å². The highest BCUT2D eigenvalue weighted by atomic mass is 14.9. The SMILES string of the molecule is CC(CNC1CCC1)C(C)(C)C. The maximum atomic E-state index is 3.63. The molecule has 0 heterocycles. The lowest BCUT2D eigenvalue weighted by molar-refractivity contribution is 0.226. The minimum absolute atomic E-state index is 0.455. The van der Waals surface area contributed by atoms with Crippen LogP contribution in [0.15, 0.2) is 0 Å². The standard InChI is InChI=1S/C11H23N/c1-9(11(2,3)4)8-12-10-6-5-7-10/h9-10,12H,5-8H2,1-4H3. The van der Waals surface area contributed by atoms with Crippen LogP contribution >= 0.6 is 0 Å². The smallest absolute Gasteiger partial charge is 0.00672 e. The molecule has 0 radical (unpaired) electrons. The molecule has 72 valence electrons. The lowest BCUT2D eigenvalue weighted by Gasteiger charge is -2.32. The molecule has 0 aromatic carbocycles. The van der Waals surface area contributed by atoms with Crippen LogP contribution in [0, 0.1) is 11.3 Å². The largest absolute Gasteiger partial charge is 0.314 e. The van der Waals surface area contributed by atoms with E-state index in [1.807, 2.05) is 0 Å². The summed E-state index contributed by atoms with van der Waals surface area (Å²) in [5.74, 6) is 0.776. The van der Waals surface area contributed by atoms with Gasteiger partial charge in [-0.05, 0) is 30.7 Å². The van der Waals surface area contributed by atoms with E-state index in [9.17, 15) is 0 Å². The van der Waals surface area contributed by atoms with Crippen molar-refractivity contribution in [2.45, 2.75) is 53.0 Å². The van der Waals surface area contributed by atoms with Gasteiger partial charge in [-0.25, -0.2) is 0 Å². The van der Waals surface area contributed by atoms with E-state index in [1.54, 1.807) is 0 Å². The minimum atomic E-state index is 0.455. The van der Waals surface area contributed by atoms with Crippen molar-refractivity contribution in [3.63, 3.8) is 0 Å². The van der Waals surface area contributed by atoms with Crippen molar-refractivity contribution in [1.82, 2.24) is 5.32 Å². The van der Waals surface area contributed by atoms with Crippen molar-refractivity contribution in [2.24, 2.45) is 11.3 Å². The topological polar surface area (TPSA) is 12.0 Å². The first-order chi connectivity index (χ1) is 5.50. The third kappa shape index (κ3) is 2.78. The van der Waals surface area contributed by atoms with Crippen LogP contribution in [0.2, 0.25) is 0 Å². The maximum Gasteiger partial charge on any atom is 0.00672 e. The molecule has 0 aliphatic heterocycles. The molecule has 1 unspecified atom stereocenters. The fourth-order valence-corrected chi connectivity index (χ4v) is 1.26. The van der Waals surface area contributed by atoms with Gasteiger partial charge in [-0.2, -0.15) is 0 Å². The van der Waals surface area contributed by atoms with E-state index < -0.39 is 0 Å². The first kappa shape index (κ1) is 10.0. The van der Waals surface area contributed by atoms with Crippen molar-refractivity contribution in [2.75, 3.05) is 6.54 Å². The van der Waals surface area contributed by atoms with Gasteiger partial charge in [0.2, 0.25) is 0 Å². The average Bonchev–Trinajstić information content (AvgIpc) is 1.81. The molecule has 1 heteroatoms. The minimum Gasteiger partial charge on any atom is -0.314 e. The third-order valence-electron chi connectivity index (χ3n) is 3.30. The molecule has 1 atom stereocenters. The van der Waals surface area contributed by atoms with Gasteiger partial charge in [0.25, 0.3) is 0 Å². The summed E-state index contributed by atoms with van der Waals surface area (Å²) < 4.78 is 0. The molecular formula is C11H23N. The zero-order valence-electron chi connectivity index (χ0n) is 8.98. The van der Waals surface area contributed by atoms with Gasteiger partial charge >= 0.3 is 0 Å². The maximum absolute atomic E-state index is 3.63. The lowest BCUT2D eigenvalue weighted by atomic mass is 9.81. The summed E-state index contributed by atoms with van der Waals surface area (Å²) >= 11 is 0. The van der Waals surface area contributed by atoms with Crippen LogP contribution in [0.4, 0.5) is 0 Å². The van der Waals surface area contributed by atoms with Crippen LogP contribution < -0.4 is 5.32 Å². The molecule has 0 saturated heterocycles. The molecule has 0 aromatic rings. The summed E-state index contributed by atoms with van der Waals surface area (Å²) in [7, 11) is 0. The predicted octanol–water partition coefficient (Wildman–Crippen LogP) is 2.81. The van der Waals surface area contributed by atoms with Crippen LogP contribution in [0.5, 0.6) is 0 Å². The van der Waals surface area contributed by atoms with Gasteiger partial charge < -0.3 is 5.32 Å². The van der Waals surface area contributed by atoms with Gasteiger partial charge in [0.05, 0.1) is 0 Å². The summed E-state index contributed by atoms with van der Waals surface area (Å²) in [6, 6.07) is 0.842. The number of rotatable bonds is 3. The van der Waals surface area contributed by atoms with E-state index in [-0.39, 0.29) is 0 Å². The van der Waals surface area contributed by atoms with Gasteiger partial charge in [0.1, 0.15) is 0 Å². The Labute approximate surface area is 76.9 Å². The van der Waals surface area contributed by atoms with Crippen LogP contribution in [0.1, 0.15) is 47.0 Å². The molecule has 1 rings (SSSR count). The molecule has 1 fully saturated rings. The van der Waals surface area contributed by atoms with E-state index in [4.69, 9.17) is 0 Å². The molecule has 0 bridgehead atoms. The number of hydrogen-bond acceptors (Lipinski definition) is 1. The van der Waals surface area contributed by atoms with Crippen molar-refractivity contribution in [1.29, 1.82) is 0 Å². The van der Waals surface area contributed by atoms with E-state index in [1.165, 1.54) is 25.8 Å². The second kappa shape index (κ2) is 3.78. The molecule has 0 aromatic heterocycles. The monoisotopic (exact) mass is 169 g/mol. The molecule has 1 aliphatic rings. The highest BCUT2D eigenvalue weighted by Crippen LogP contribution is 2.25. The zero-order valence-corrected chi connectivity index (χ0v) is 8.98. The van der Waals surface area contributed by atoms with Crippen molar-refractivity contribution >= 4 is 0 Å². The Kier molecular flexibility index (Phi) is 3.16. The second-order valence-electron chi connectivity index (χ2n) is 5.30. The molecule has 1 N–H and O–H groups in total. The van der Waals surface area contributed by atoms with Crippen molar-refractivity contribution in [3.8, 4) is 0 Å². The average molecular weight is 169 g/mol. The first-order valence-corrected chi connectivity index (χ1v) is 5.23. The van der Waals surface area contributed by atoms with Crippen LogP contribution in [0.25, 0.3) is 0 Å². The fraction of sp³-hybridized carbons (Fsp3) is 1.00. The van der Waals surface area contributed by atoms with Crippen LogP contribution in [0.3, 0.4) is 0 Å². The molecule has 1 aliphatic carbocycles. The summed E-state index contributed by atoms with van der Waals surface area (Å²) in [6.07, 6.45) is 4.23. The number of hydrogen-bond donors (Lipinski definition) is 1. The van der Waals surface area contributed by atoms with Crippen molar-refractivity contribution in [3.05, 3.63) is 0 Å². The van der Waals surface area contributed by atoms with E-state index in [0.29, 0.717) is 5.41 Å². The Bertz CT molecular complexity index is 130. The van der Waals surface area contributed by atoms with E-state index >= 15 is 0 Å². The lowest BCUT2D eigenvalue weighted by Crippen LogP contribution is -2.40. The fourth-order valence-electron chi connectivity index (χ4n) is 1.26. The molecule has 0 amide bonds. The highest BCUT2D eigenvalue weighted by Gasteiger charge is 2.22. The summed E-state index contributed by atoms with van der Waals surface area (Å²) in [6.45, 7) is 10.5. The van der Waals surface area contributed by atoms with Gasteiger partial charge in [-0.3, -0.25) is 0 Å². The quantitative estimate of drug-likeness (QED) is 0.685. The highest BCUT2D eigenvalue weighted by molar-refractivity contribution is 4.79. The van der Waals surface area contributed by atoms with E-state index in [2.05, 4.69) is 33.0 Å². The van der Waals surface area contributed by atoms with Gasteiger partial charge in [-0.1, -0.05) is 34.1 Å². The summed E-state index contributed by atoms with van der Waals surface area (Å²) in [5.41, 5.74) is 0.455. The zero-order chi connectivity index (χ0) is 9.19. The molecule has 1 nitrogen and oxygen atoms in total. The third-order valence-corrected chi connectivity index (χ3v) is 3.30. The second-order valence-corrected chi connectivity index (χ2v) is 5.30. The summed E-state index contributed by atoms with van der Waals surface area (Å²) in [4.78, 5) is 0. The van der Waals surface area contributed by atoms with Gasteiger partial charge in [0, 0.05) is 6.04 Å². The Morgan fingerprint density at radius 2 is 1.92 bits per heavy atom. The Balaban J connectivity index is 2.13. The molecule has 1 saturated carbocycles. The van der Waals surface area contributed by atoms with E-state index in [0.717, 1.165) is 12.0 Å². The Morgan fingerprint density at radius 1 is 1.33 bits per heavy atom. The Morgan fingerprint density at radius 3 is 2.25 bits per heavy atom. The Hall–Kier alpha value is -0.0400. The molecule has 12 heavy (non-hydrogen) atoms. The normalized spacial score (nSPS) is 22.0. The molecule has 0 spiro atoms. The first-order valence-electron chi connectivity index (χ1n) is 5.23. The van der Waals surface area contributed by atoms with Crippen LogP contribution in [-0.4, -0.2) is 12.6 Å². The van der Waals surface area contributed by atoms with Crippen molar-refractivity contribution < 1.29 is 0 Å². The predicted molar refractivity (Wildman–Crippen MR) is 54.3 cm³/mol. The number of nitrogens with one attached hydrogen (secondary N) is 1.